The quantitative estimate of drug-likeness (QED) is 0.0155. The fraction of sp³-hybridized carbons (Fsp3) is 0.422. The molecular weight excluding hydrogens is 763 g/mol. The van der Waals surface area contributed by atoms with Crippen molar-refractivity contribution in [3.05, 3.63) is 113 Å². The average Bonchev–Trinajstić information content (AvgIpc) is 3.24. The van der Waals surface area contributed by atoms with Crippen LogP contribution in [0.2, 0.25) is 0 Å². The van der Waals surface area contributed by atoms with Crippen molar-refractivity contribution in [1.29, 1.82) is 0 Å². The Bertz CT molecular complexity index is 1860. The highest BCUT2D eigenvalue weighted by molar-refractivity contribution is 5.94. The van der Waals surface area contributed by atoms with E-state index >= 15 is 0 Å². The van der Waals surface area contributed by atoms with E-state index in [1.54, 1.807) is 36.4 Å². The maximum Gasteiger partial charge on any atom is 0.343 e. The Morgan fingerprint density at radius 3 is 1.43 bits per heavy atom. The van der Waals surface area contributed by atoms with Gasteiger partial charge in [0.15, 0.2) is 23.3 Å². The van der Waals surface area contributed by atoms with Crippen LogP contribution in [0.5, 0.6) is 28.7 Å². The number of esters is 2. The van der Waals surface area contributed by atoms with Gasteiger partial charge in [0.25, 0.3) is 0 Å². The van der Waals surface area contributed by atoms with E-state index in [1.165, 1.54) is 69.2 Å². The monoisotopic (exact) mass is 814 g/mol. The zero-order valence-corrected chi connectivity index (χ0v) is 33.0. The summed E-state index contributed by atoms with van der Waals surface area (Å²) in [5.41, 5.74) is -1.53. The molecule has 0 aromatic heterocycles. The summed E-state index contributed by atoms with van der Waals surface area (Å²) in [7, 11) is 0. The van der Waals surface area contributed by atoms with Crippen LogP contribution in [-0.4, -0.2) is 38.4 Å². The maximum absolute atomic E-state index is 14.3. The summed E-state index contributed by atoms with van der Waals surface area (Å²) in [4.78, 5) is 26.3. The minimum Gasteiger partial charge on any atom is -0.494 e. The Hall–Kier alpha value is -5.33. The van der Waals surface area contributed by atoms with Crippen LogP contribution >= 0.6 is 0 Å². The second-order valence-electron chi connectivity index (χ2n) is 13.6. The van der Waals surface area contributed by atoms with E-state index in [-0.39, 0.29) is 35.8 Å². The predicted octanol–water partition coefficient (Wildman–Crippen LogP) is 11.9. The zero-order chi connectivity index (χ0) is 41.7. The van der Waals surface area contributed by atoms with Gasteiger partial charge in [-0.15, -0.1) is 0 Å². The molecule has 0 saturated heterocycles. The number of hydrogen-bond acceptors (Lipinski definition) is 8. The third-order valence-electron chi connectivity index (χ3n) is 9.09. The molecule has 0 N–H and O–H groups in total. The lowest BCUT2D eigenvalue weighted by Gasteiger charge is -2.14. The molecule has 0 spiro atoms. The molecule has 8 nitrogen and oxygen atoms in total. The minimum absolute atomic E-state index is 0.0203. The van der Waals surface area contributed by atoms with Crippen molar-refractivity contribution >= 4 is 11.9 Å². The molecule has 0 radical (unpaired) electrons. The van der Waals surface area contributed by atoms with Crippen LogP contribution in [0.25, 0.3) is 0 Å². The second-order valence-corrected chi connectivity index (χ2v) is 13.6. The van der Waals surface area contributed by atoms with Crippen LogP contribution in [-0.2, 0) is 11.3 Å². The van der Waals surface area contributed by atoms with E-state index in [2.05, 4.69) is 13.8 Å². The van der Waals surface area contributed by atoms with Crippen LogP contribution < -0.4 is 23.7 Å². The van der Waals surface area contributed by atoms with Gasteiger partial charge in [-0.3, -0.25) is 0 Å². The van der Waals surface area contributed by atoms with Crippen molar-refractivity contribution in [2.24, 2.45) is 0 Å². The fourth-order valence-corrected chi connectivity index (χ4v) is 5.79. The van der Waals surface area contributed by atoms with E-state index in [1.807, 2.05) is 0 Å². The highest BCUT2D eigenvalue weighted by Crippen LogP contribution is 2.29. The van der Waals surface area contributed by atoms with E-state index in [9.17, 15) is 31.5 Å². The third kappa shape index (κ3) is 14.2. The average molecular weight is 815 g/mol. The van der Waals surface area contributed by atoms with Crippen molar-refractivity contribution in [1.82, 2.24) is 0 Å². The van der Waals surface area contributed by atoms with Crippen molar-refractivity contribution in [3.8, 4) is 28.7 Å². The van der Waals surface area contributed by atoms with Crippen LogP contribution in [0.1, 0.15) is 117 Å². The molecule has 0 atom stereocenters. The van der Waals surface area contributed by atoms with E-state index in [0.29, 0.717) is 30.5 Å². The molecule has 4 aromatic rings. The molecule has 0 amide bonds. The lowest BCUT2D eigenvalue weighted by molar-refractivity contribution is 0.0454. The van der Waals surface area contributed by atoms with Gasteiger partial charge in [0.05, 0.1) is 24.3 Å². The normalized spacial score (nSPS) is 10.9. The Morgan fingerprint density at radius 1 is 0.466 bits per heavy atom. The summed E-state index contributed by atoms with van der Waals surface area (Å²) in [6.45, 7) is 4.13. The maximum atomic E-state index is 14.3. The Morgan fingerprint density at radius 2 is 0.897 bits per heavy atom. The lowest BCUT2D eigenvalue weighted by Crippen LogP contribution is -2.15. The predicted molar refractivity (Wildman–Crippen MR) is 208 cm³/mol. The molecule has 58 heavy (non-hydrogen) atoms. The first-order chi connectivity index (χ1) is 28.1. The van der Waals surface area contributed by atoms with Gasteiger partial charge in [0, 0.05) is 0 Å². The molecule has 4 aromatic carbocycles. The lowest BCUT2D eigenvalue weighted by atomic mass is 10.1. The molecule has 0 bridgehead atoms. The van der Waals surface area contributed by atoms with E-state index in [4.69, 9.17) is 28.4 Å². The minimum atomic E-state index is -2.35. The summed E-state index contributed by atoms with van der Waals surface area (Å²) in [6, 6.07) is 17.1. The molecule has 0 aliphatic rings. The van der Waals surface area contributed by atoms with Gasteiger partial charge in [-0.1, -0.05) is 78.1 Å². The zero-order valence-electron chi connectivity index (χ0n) is 33.0. The fourth-order valence-electron chi connectivity index (χ4n) is 5.79. The Balaban J connectivity index is 1.37. The van der Waals surface area contributed by atoms with Crippen molar-refractivity contribution in [2.75, 3.05) is 26.4 Å². The van der Waals surface area contributed by atoms with Crippen molar-refractivity contribution in [2.45, 2.75) is 97.5 Å². The molecular formula is C45H51F5O8. The number of rotatable bonds is 26. The standard InChI is InChI=1S/C45H51F5O8/c1-3-5-7-9-11-13-25-53-32-17-15-31(16-18-32)44(51)58-35-23-24-38(36(29-35)45(52)57-30-37-39(46)41(48)43(50)42(49)40(37)47)56-28-27-55-34-21-19-33(20-22-34)54-26-14-12-10-8-6-4-2/h15-24,29H,3-14,25-28,30H2,1-2H3. The highest BCUT2D eigenvalue weighted by Gasteiger charge is 2.27. The smallest absolute Gasteiger partial charge is 0.343 e. The topological polar surface area (TPSA) is 89.5 Å². The first-order valence-corrected chi connectivity index (χ1v) is 19.9. The van der Waals surface area contributed by atoms with Crippen molar-refractivity contribution in [3.63, 3.8) is 0 Å². The summed E-state index contributed by atoms with van der Waals surface area (Å²) in [5.74, 6) is -11.4. The van der Waals surface area contributed by atoms with Gasteiger partial charge in [-0.05, 0) is 79.6 Å². The van der Waals surface area contributed by atoms with Gasteiger partial charge >= 0.3 is 11.9 Å². The molecule has 0 aliphatic carbocycles. The van der Waals surface area contributed by atoms with Crippen LogP contribution in [0.15, 0.2) is 66.7 Å². The number of benzene rings is 4. The molecule has 0 heterocycles. The summed E-state index contributed by atoms with van der Waals surface area (Å²) in [6.07, 6.45) is 13.7. The first kappa shape index (κ1) is 45.4. The van der Waals surface area contributed by atoms with E-state index in [0.717, 1.165) is 38.2 Å². The van der Waals surface area contributed by atoms with Crippen LogP contribution in [0.3, 0.4) is 0 Å². The molecule has 0 saturated carbocycles. The molecule has 0 fully saturated rings. The number of hydrogen-bond donors (Lipinski definition) is 0. The number of carbonyl (C=O) groups is 2. The number of halogens is 5. The summed E-state index contributed by atoms with van der Waals surface area (Å²) < 4.78 is 103. The summed E-state index contributed by atoms with van der Waals surface area (Å²) >= 11 is 0. The van der Waals surface area contributed by atoms with Gasteiger partial charge in [-0.2, -0.15) is 0 Å². The first-order valence-electron chi connectivity index (χ1n) is 19.9. The molecule has 314 valence electrons. The van der Waals surface area contributed by atoms with Crippen LogP contribution in [0.4, 0.5) is 22.0 Å². The van der Waals surface area contributed by atoms with Crippen LogP contribution in [0, 0.1) is 29.1 Å². The Kier molecular flexibility index (Phi) is 19.1. The second kappa shape index (κ2) is 24.4. The number of carbonyl (C=O) groups excluding carboxylic acids is 2. The highest BCUT2D eigenvalue weighted by atomic mass is 19.2. The largest absolute Gasteiger partial charge is 0.494 e. The van der Waals surface area contributed by atoms with Gasteiger partial charge in [0.1, 0.15) is 54.1 Å². The molecule has 13 heteroatoms. The van der Waals surface area contributed by atoms with Gasteiger partial charge < -0.3 is 28.4 Å². The molecule has 0 unspecified atom stereocenters. The number of ether oxygens (including phenoxy) is 6. The molecule has 4 rings (SSSR count). The SMILES string of the molecule is CCCCCCCCOc1ccc(OCCOc2ccc(OC(=O)c3ccc(OCCCCCCCC)cc3)cc2C(=O)OCc2c(F)c(F)c(F)c(F)c2F)cc1. The van der Waals surface area contributed by atoms with Gasteiger partial charge in [-0.25, -0.2) is 31.5 Å². The number of unbranched alkanes of at least 4 members (excludes halogenated alkanes) is 10. The van der Waals surface area contributed by atoms with Crippen molar-refractivity contribution < 1.29 is 60.0 Å². The molecule has 0 aliphatic heterocycles. The summed E-state index contributed by atoms with van der Waals surface area (Å²) in [5, 5.41) is 0. The van der Waals surface area contributed by atoms with E-state index < -0.39 is 53.2 Å². The Labute approximate surface area is 336 Å². The third-order valence-corrected chi connectivity index (χ3v) is 9.09. The van der Waals surface area contributed by atoms with Gasteiger partial charge in [0.2, 0.25) is 5.82 Å².